The Bertz CT molecular complexity index is 840. The second-order valence-corrected chi connectivity index (χ2v) is 7.42. The van der Waals surface area contributed by atoms with E-state index in [0.717, 1.165) is 16.0 Å². The van der Waals surface area contributed by atoms with Crippen molar-refractivity contribution in [2.45, 2.75) is 31.7 Å². The van der Waals surface area contributed by atoms with E-state index >= 15 is 0 Å². The molecule has 3 rings (SSSR count). The average Bonchev–Trinajstić information content (AvgIpc) is 2.41. The van der Waals surface area contributed by atoms with Gasteiger partial charge < -0.3 is 0 Å². The molecule has 1 aliphatic carbocycles. The number of hydrogen-bond donors (Lipinski definition) is 0. The van der Waals surface area contributed by atoms with Crippen molar-refractivity contribution >= 4 is 40.7 Å². The Kier molecular flexibility index (Phi) is 3.91. The third-order valence-electron chi connectivity index (χ3n) is 3.58. The smallest absolute Gasteiger partial charge is 0.268 e. The highest BCUT2D eigenvalue weighted by Gasteiger charge is 2.31. The van der Waals surface area contributed by atoms with Crippen molar-refractivity contribution in [2.24, 2.45) is 0 Å². The number of nitro benzene ring substituents is 1. The first kappa shape index (κ1) is 16.3. The molecule has 0 amide bonds. The summed E-state index contributed by atoms with van der Waals surface area (Å²) in [4.78, 5) is 16.8. The molecule has 0 saturated carbocycles. The molecule has 0 aromatic heterocycles. The van der Waals surface area contributed by atoms with Gasteiger partial charge in [-0.05, 0) is 38.5 Å². The van der Waals surface area contributed by atoms with Crippen molar-refractivity contribution in [3.8, 4) is 0 Å². The van der Waals surface area contributed by atoms with Gasteiger partial charge >= 0.3 is 0 Å². The van der Waals surface area contributed by atoms with Crippen LogP contribution in [0.4, 0.5) is 5.69 Å². The van der Waals surface area contributed by atoms with Gasteiger partial charge in [0.1, 0.15) is 5.38 Å². The van der Waals surface area contributed by atoms with Crippen molar-refractivity contribution in [1.82, 2.24) is 5.06 Å². The van der Waals surface area contributed by atoms with Gasteiger partial charge in [-0.3, -0.25) is 20.0 Å². The number of rotatable bonds is 2. The lowest BCUT2D eigenvalue weighted by atomic mass is 9.93. The quantitative estimate of drug-likeness (QED) is 0.465. The number of hydroxylamine groups is 2. The molecule has 0 spiro atoms. The van der Waals surface area contributed by atoms with E-state index in [-0.39, 0.29) is 11.3 Å². The van der Waals surface area contributed by atoms with Gasteiger partial charge in [0.25, 0.3) is 5.69 Å². The molecule has 1 unspecified atom stereocenters. The lowest BCUT2D eigenvalue weighted by Gasteiger charge is -2.32. The van der Waals surface area contributed by atoms with E-state index in [1.165, 1.54) is 6.07 Å². The van der Waals surface area contributed by atoms with E-state index in [1.54, 1.807) is 17.2 Å². The number of allylic oxidation sites excluding steroid dienone is 1. The van der Waals surface area contributed by atoms with Crippen molar-refractivity contribution in [3.05, 3.63) is 49.4 Å². The maximum absolute atomic E-state index is 11.3. The lowest BCUT2D eigenvalue weighted by molar-refractivity contribution is -0.385. The summed E-state index contributed by atoms with van der Waals surface area (Å²) in [5.41, 5.74) is 0.969. The van der Waals surface area contributed by atoms with Crippen LogP contribution in [0.2, 0.25) is 0 Å². The second kappa shape index (κ2) is 5.51. The first-order valence-electron chi connectivity index (χ1n) is 7.16. The van der Waals surface area contributed by atoms with Gasteiger partial charge in [-0.25, -0.2) is 0 Å². The van der Waals surface area contributed by atoms with E-state index < -0.39 is 10.3 Å². The zero-order chi connectivity index (χ0) is 16.9. The number of nitrogens with zero attached hydrogens (tertiary/aromatic N) is 2. The summed E-state index contributed by atoms with van der Waals surface area (Å²) in [5.74, 6) is 0. The monoisotopic (exact) mass is 354 g/mol. The average molecular weight is 355 g/mol. The summed E-state index contributed by atoms with van der Waals surface area (Å²) < 4.78 is 0. The third kappa shape index (κ3) is 2.96. The van der Waals surface area contributed by atoms with Crippen molar-refractivity contribution in [2.75, 3.05) is 6.54 Å². The van der Waals surface area contributed by atoms with E-state index in [0.29, 0.717) is 17.1 Å². The maximum Gasteiger partial charge on any atom is 0.275 e. The summed E-state index contributed by atoms with van der Waals surface area (Å²) in [6.45, 7) is 6.33. The summed E-state index contributed by atoms with van der Waals surface area (Å²) in [6.07, 6.45) is 3.62. The van der Waals surface area contributed by atoms with Crippen LogP contribution in [0.25, 0.3) is 11.8 Å². The fourth-order valence-electron chi connectivity index (χ4n) is 2.86. The minimum atomic E-state index is -0.709. The molecule has 0 radical (unpaired) electrons. The summed E-state index contributed by atoms with van der Waals surface area (Å²) in [7, 11) is 0. The van der Waals surface area contributed by atoms with Crippen LogP contribution >= 0.6 is 23.2 Å². The molecular weight excluding hydrogens is 339 g/mol. The topological polar surface area (TPSA) is 55.6 Å². The molecule has 0 bridgehead atoms. The molecule has 5 nitrogen and oxygen atoms in total. The lowest BCUT2D eigenvalue weighted by Crippen LogP contribution is -2.44. The van der Waals surface area contributed by atoms with E-state index in [2.05, 4.69) is 0 Å². The molecule has 23 heavy (non-hydrogen) atoms. The molecule has 1 heterocycles. The molecule has 1 aromatic rings. The van der Waals surface area contributed by atoms with Crippen LogP contribution in [0, 0.1) is 10.1 Å². The Morgan fingerprint density at radius 3 is 2.70 bits per heavy atom. The molecule has 1 aliphatic heterocycles. The van der Waals surface area contributed by atoms with Gasteiger partial charge in [0.15, 0.2) is 0 Å². The van der Waals surface area contributed by atoms with Crippen LogP contribution in [0.3, 0.4) is 0 Å². The Labute approximate surface area is 143 Å². The first-order valence-corrected chi connectivity index (χ1v) is 7.98. The van der Waals surface area contributed by atoms with Gasteiger partial charge in [-0.1, -0.05) is 11.6 Å². The predicted molar refractivity (Wildman–Crippen MR) is 90.3 cm³/mol. The van der Waals surface area contributed by atoms with Gasteiger partial charge in [-0.2, -0.15) is 0 Å². The van der Waals surface area contributed by atoms with Crippen molar-refractivity contribution in [3.63, 3.8) is 0 Å². The number of alkyl halides is 1. The van der Waals surface area contributed by atoms with Crippen LogP contribution in [-0.2, 0) is 4.84 Å². The van der Waals surface area contributed by atoms with Crippen LogP contribution < -0.4 is 10.4 Å². The minimum Gasteiger partial charge on any atom is -0.268 e. The van der Waals surface area contributed by atoms with Gasteiger partial charge in [0.2, 0.25) is 0 Å². The highest BCUT2D eigenvalue weighted by atomic mass is 35.5. The number of halogens is 2. The molecule has 122 valence electrons. The van der Waals surface area contributed by atoms with E-state index in [4.69, 9.17) is 28.0 Å². The zero-order valence-electron chi connectivity index (χ0n) is 13.0. The van der Waals surface area contributed by atoms with Crippen LogP contribution in [0.15, 0.2) is 23.2 Å². The number of nitro groups is 1. The van der Waals surface area contributed by atoms with Crippen LogP contribution in [0.1, 0.15) is 31.7 Å². The molecule has 0 saturated heterocycles. The summed E-state index contributed by atoms with van der Waals surface area (Å²) in [5, 5.41) is 14.4. The Hall–Kier alpha value is -1.56. The number of benzene rings is 1. The number of hydrogen-bond acceptors (Lipinski definition) is 4. The van der Waals surface area contributed by atoms with Gasteiger partial charge in [-0.15, -0.1) is 11.6 Å². The third-order valence-corrected chi connectivity index (χ3v) is 4.47. The van der Waals surface area contributed by atoms with Crippen LogP contribution in [-0.4, -0.2) is 22.1 Å². The molecule has 0 N–H and O–H groups in total. The second-order valence-electron chi connectivity index (χ2n) is 6.54. The fourth-order valence-corrected chi connectivity index (χ4v) is 3.39. The van der Waals surface area contributed by atoms with Gasteiger partial charge in [0.05, 0.1) is 22.6 Å². The van der Waals surface area contributed by atoms with Crippen molar-refractivity contribution in [1.29, 1.82) is 0 Å². The van der Waals surface area contributed by atoms with Crippen LogP contribution in [0.5, 0.6) is 0 Å². The maximum atomic E-state index is 11.3. The molecule has 2 aliphatic rings. The highest BCUT2D eigenvalue weighted by Crippen LogP contribution is 2.38. The summed E-state index contributed by atoms with van der Waals surface area (Å²) >= 11 is 12.5. The largest absolute Gasteiger partial charge is 0.275 e. The highest BCUT2D eigenvalue weighted by molar-refractivity contribution is 6.38. The SMILES string of the molecule is CC(C)(C)ON1C=c2ccc([N+](=O)[O-])c3c2=C(C=C(Cl)C3Cl)C1. The normalized spacial score (nSPS) is 19.9. The Balaban J connectivity index is 2.25. The fraction of sp³-hybridized carbons (Fsp3) is 0.375. The Morgan fingerprint density at radius 2 is 2.09 bits per heavy atom. The first-order chi connectivity index (χ1) is 10.7. The minimum absolute atomic E-state index is 0.00825. The van der Waals surface area contributed by atoms with Gasteiger partial charge in [0, 0.05) is 27.7 Å². The molecular formula is C16H16Cl2N2O3. The standard InChI is InChI=1S/C16H16Cl2N2O3/c1-16(2,3)23-19-7-9-4-5-12(20(21)22)14-13(9)10(8-19)6-11(17)15(14)18/h4-7,15H,8H2,1-3H3. The molecule has 1 aromatic carbocycles. The van der Waals surface area contributed by atoms with E-state index in [1.807, 2.05) is 27.0 Å². The molecule has 0 fully saturated rings. The molecule has 1 atom stereocenters. The zero-order valence-corrected chi connectivity index (χ0v) is 14.5. The van der Waals surface area contributed by atoms with Crippen molar-refractivity contribution < 1.29 is 9.76 Å². The Morgan fingerprint density at radius 1 is 1.39 bits per heavy atom. The predicted octanol–water partition coefficient (Wildman–Crippen LogP) is 2.95. The summed E-state index contributed by atoms with van der Waals surface area (Å²) in [6, 6.07) is 3.18. The van der Waals surface area contributed by atoms with E-state index in [9.17, 15) is 10.1 Å². The molecule has 7 heteroatoms.